The molecule has 0 spiro atoms. The number of ketones is 1. The molecule has 108 valence electrons. The fraction of sp³-hybridized carbons (Fsp3) is 0.533. The lowest BCUT2D eigenvalue weighted by Crippen LogP contribution is -2.09. The topological polar surface area (TPSA) is 38.3 Å². The van der Waals surface area contributed by atoms with Gasteiger partial charge in [0.25, 0.3) is 0 Å². The fourth-order valence-electron chi connectivity index (χ4n) is 1.25. The average Bonchev–Trinajstić information content (AvgIpc) is 2.26. The number of carbonyl (C=O) groups is 1. The van der Waals surface area contributed by atoms with Crippen molar-refractivity contribution in [3.63, 3.8) is 0 Å². The average molecular weight is 269 g/mol. The van der Waals surface area contributed by atoms with E-state index in [1.54, 1.807) is 6.07 Å². The number of Topliss-reactive ketones (excluding diaryl/α,β-unsaturated/α-hetero) is 1. The number of hydrogen-bond acceptors (Lipinski definition) is 3. The molecule has 3 nitrogen and oxygen atoms in total. The minimum Gasteiger partial charge on any atom is -0.491 e. The highest BCUT2D eigenvalue weighted by atomic mass is 19.1. The van der Waals surface area contributed by atoms with E-state index >= 15 is 0 Å². The van der Waals surface area contributed by atoms with Gasteiger partial charge in [0.05, 0.1) is 6.61 Å². The van der Waals surface area contributed by atoms with E-state index in [0.717, 1.165) is 12.1 Å². The van der Waals surface area contributed by atoms with E-state index in [0.29, 0.717) is 18.4 Å². The molecule has 0 atom stereocenters. The number of nitrogens with one attached hydrogen (secondary N) is 1. The van der Waals surface area contributed by atoms with Crippen molar-refractivity contribution < 1.29 is 13.9 Å². The summed E-state index contributed by atoms with van der Waals surface area (Å²) >= 11 is 0. The van der Waals surface area contributed by atoms with Gasteiger partial charge in [-0.1, -0.05) is 6.92 Å². The van der Waals surface area contributed by atoms with E-state index in [4.69, 9.17) is 4.74 Å². The van der Waals surface area contributed by atoms with Gasteiger partial charge in [-0.3, -0.25) is 0 Å². The van der Waals surface area contributed by atoms with Crippen LogP contribution in [0.4, 0.5) is 10.1 Å². The third kappa shape index (κ3) is 9.05. The first-order valence-electron chi connectivity index (χ1n) is 6.52. The monoisotopic (exact) mass is 269 g/mol. The highest BCUT2D eigenvalue weighted by Gasteiger charge is 2.04. The molecule has 1 rings (SSSR count). The van der Waals surface area contributed by atoms with Gasteiger partial charge >= 0.3 is 0 Å². The van der Waals surface area contributed by atoms with Crippen molar-refractivity contribution in [2.24, 2.45) is 0 Å². The Morgan fingerprint density at radius 2 is 1.95 bits per heavy atom. The largest absolute Gasteiger partial charge is 0.491 e. The Labute approximate surface area is 115 Å². The molecular formula is C15H24FNO2. The molecule has 0 amide bonds. The molecule has 1 N–H and O–H groups in total. The van der Waals surface area contributed by atoms with Gasteiger partial charge in [-0.15, -0.1) is 0 Å². The molecule has 0 saturated heterocycles. The van der Waals surface area contributed by atoms with Gasteiger partial charge in [-0.25, -0.2) is 4.39 Å². The zero-order chi connectivity index (χ0) is 14.8. The Balaban J connectivity index is 0.000000711. The molecule has 1 aromatic rings. The maximum Gasteiger partial charge on any atom is 0.167 e. The predicted octanol–water partition coefficient (Wildman–Crippen LogP) is 4.03. The number of hydrogen-bond donors (Lipinski definition) is 1. The zero-order valence-electron chi connectivity index (χ0n) is 12.4. The highest BCUT2D eigenvalue weighted by molar-refractivity contribution is 5.72. The van der Waals surface area contributed by atoms with Crippen molar-refractivity contribution in [1.82, 2.24) is 0 Å². The molecule has 0 radical (unpaired) electrons. The molecule has 0 unspecified atom stereocenters. The first kappa shape index (κ1) is 17.4. The van der Waals surface area contributed by atoms with Gasteiger partial charge in [-0.05, 0) is 46.2 Å². The quantitative estimate of drug-likeness (QED) is 0.877. The van der Waals surface area contributed by atoms with E-state index in [2.05, 4.69) is 5.32 Å². The SMILES string of the molecule is CC(C)=O.CCCOc1ccc(NC(C)C)cc1F. The molecule has 0 aliphatic rings. The summed E-state index contributed by atoms with van der Waals surface area (Å²) < 4.78 is 18.7. The molecular weight excluding hydrogens is 245 g/mol. The van der Waals surface area contributed by atoms with Gasteiger partial charge in [-0.2, -0.15) is 0 Å². The fourth-order valence-corrected chi connectivity index (χ4v) is 1.25. The molecule has 0 aromatic heterocycles. The molecule has 0 heterocycles. The molecule has 19 heavy (non-hydrogen) atoms. The maximum atomic E-state index is 13.5. The standard InChI is InChI=1S/C12H18FNO.C3H6O/c1-4-7-15-12-6-5-10(8-11(12)13)14-9(2)3;1-3(2)4/h5-6,8-9,14H,4,7H2,1-3H3;1-2H3. The second kappa shape index (κ2) is 9.36. The Morgan fingerprint density at radius 1 is 1.37 bits per heavy atom. The van der Waals surface area contributed by atoms with Crippen LogP contribution < -0.4 is 10.1 Å². The van der Waals surface area contributed by atoms with E-state index in [1.807, 2.05) is 26.8 Å². The van der Waals surface area contributed by atoms with Crippen molar-refractivity contribution in [1.29, 1.82) is 0 Å². The summed E-state index contributed by atoms with van der Waals surface area (Å²) in [6.45, 7) is 9.62. The van der Waals surface area contributed by atoms with Crippen molar-refractivity contribution in [3.05, 3.63) is 24.0 Å². The van der Waals surface area contributed by atoms with Crippen LogP contribution in [0.15, 0.2) is 18.2 Å². The van der Waals surface area contributed by atoms with Gasteiger partial charge < -0.3 is 14.8 Å². The Hall–Kier alpha value is -1.58. The summed E-state index contributed by atoms with van der Waals surface area (Å²) in [6, 6.07) is 5.25. The summed E-state index contributed by atoms with van der Waals surface area (Å²) in [5.74, 6) is 0.181. The lowest BCUT2D eigenvalue weighted by Gasteiger charge is -2.11. The molecule has 4 heteroatoms. The van der Waals surface area contributed by atoms with Crippen LogP contribution in [0.25, 0.3) is 0 Å². The predicted molar refractivity (Wildman–Crippen MR) is 77.3 cm³/mol. The number of anilines is 1. The summed E-state index contributed by atoms with van der Waals surface area (Å²) in [5, 5.41) is 3.13. The summed E-state index contributed by atoms with van der Waals surface area (Å²) in [6.07, 6.45) is 0.880. The third-order valence-electron chi connectivity index (χ3n) is 1.85. The highest BCUT2D eigenvalue weighted by Crippen LogP contribution is 2.21. The molecule has 0 fully saturated rings. The lowest BCUT2D eigenvalue weighted by atomic mass is 10.2. The first-order chi connectivity index (χ1) is 8.86. The van der Waals surface area contributed by atoms with Crippen LogP contribution in [0.1, 0.15) is 41.0 Å². The number of ether oxygens (including phenoxy) is 1. The van der Waals surface area contributed by atoms with Gasteiger partial charge in [0.15, 0.2) is 11.6 Å². The van der Waals surface area contributed by atoms with Gasteiger partial charge in [0.1, 0.15) is 5.78 Å². The lowest BCUT2D eigenvalue weighted by molar-refractivity contribution is -0.114. The first-order valence-corrected chi connectivity index (χ1v) is 6.52. The van der Waals surface area contributed by atoms with Crippen LogP contribution in [-0.2, 0) is 4.79 Å². The van der Waals surface area contributed by atoms with Crippen LogP contribution >= 0.6 is 0 Å². The van der Waals surface area contributed by atoms with Crippen molar-refractivity contribution >= 4 is 11.5 Å². The van der Waals surface area contributed by atoms with Crippen LogP contribution in [0, 0.1) is 5.82 Å². The van der Waals surface area contributed by atoms with E-state index in [-0.39, 0.29) is 11.6 Å². The van der Waals surface area contributed by atoms with Gasteiger partial charge in [0, 0.05) is 17.8 Å². The van der Waals surface area contributed by atoms with Crippen LogP contribution in [0.2, 0.25) is 0 Å². The van der Waals surface area contributed by atoms with Gasteiger partial charge in [0.2, 0.25) is 0 Å². The summed E-state index contributed by atoms with van der Waals surface area (Å²) in [7, 11) is 0. The Kier molecular flexibility index (Phi) is 8.58. The van der Waals surface area contributed by atoms with Crippen LogP contribution in [0.3, 0.4) is 0 Å². The summed E-state index contributed by atoms with van der Waals surface area (Å²) in [5.41, 5.74) is 0.784. The molecule has 0 aliphatic heterocycles. The zero-order valence-corrected chi connectivity index (χ0v) is 12.4. The Morgan fingerprint density at radius 3 is 2.37 bits per heavy atom. The normalized spacial score (nSPS) is 9.63. The van der Waals surface area contributed by atoms with Crippen molar-refractivity contribution in [2.45, 2.75) is 47.1 Å². The number of carbonyl (C=O) groups excluding carboxylic acids is 1. The minimum absolute atomic E-state index is 0.167. The molecule has 0 saturated carbocycles. The molecule has 0 bridgehead atoms. The smallest absolute Gasteiger partial charge is 0.167 e. The third-order valence-corrected chi connectivity index (χ3v) is 1.85. The van der Waals surface area contributed by atoms with E-state index in [1.165, 1.54) is 19.9 Å². The maximum absolute atomic E-state index is 13.5. The molecule has 0 aliphatic carbocycles. The van der Waals surface area contributed by atoms with Crippen molar-refractivity contribution in [2.75, 3.05) is 11.9 Å². The Bertz CT molecular complexity index is 388. The second-order valence-corrected chi connectivity index (χ2v) is 4.70. The number of halogens is 1. The van der Waals surface area contributed by atoms with E-state index < -0.39 is 0 Å². The second-order valence-electron chi connectivity index (χ2n) is 4.70. The molecule has 1 aromatic carbocycles. The van der Waals surface area contributed by atoms with Crippen molar-refractivity contribution in [3.8, 4) is 5.75 Å². The van der Waals surface area contributed by atoms with Crippen LogP contribution in [0.5, 0.6) is 5.75 Å². The minimum atomic E-state index is -0.311. The number of benzene rings is 1. The number of rotatable bonds is 5. The summed E-state index contributed by atoms with van der Waals surface area (Å²) in [4.78, 5) is 9.44. The van der Waals surface area contributed by atoms with Crippen LogP contribution in [-0.4, -0.2) is 18.4 Å². The van der Waals surface area contributed by atoms with E-state index in [9.17, 15) is 9.18 Å².